The Morgan fingerprint density at radius 1 is 0.397 bits per heavy atom. The van der Waals surface area contributed by atoms with Crippen LogP contribution in [0.25, 0.3) is 44.2 Å². The van der Waals surface area contributed by atoms with E-state index >= 15 is 0 Å². The molecular formula is C62H49N. The van der Waals surface area contributed by atoms with Crippen molar-refractivity contribution in [3.05, 3.63) is 246 Å². The first kappa shape index (κ1) is 36.7. The molecule has 9 aromatic carbocycles. The summed E-state index contributed by atoms with van der Waals surface area (Å²) in [6, 6.07) is 82.2. The smallest absolute Gasteiger partial charge is 0.0713 e. The van der Waals surface area contributed by atoms with E-state index in [1.807, 2.05) is 0 Å². The number of fused-ring (bicyclic) bond motifs is 4. The molecule has 63 heavy (non-hydrogen) atoms. The highest BCUT2D eigenvalue weighted by Gasteiger charge is 2.54. The first-order valence-corrected chi connectivity index (χ1v) is 23.2. The molecule has 14 rings (SSSR count). The standard InChI is InChI=1S/C62H49N/c1-4-17-48(18-5-1)62(49-19-6-2-7-20-49)58-26-13-12-24-55(58)57-39-44(30-34-59(57)62)54-33-29-45(61-47-36-41-35-46(38-47)56(61)37-41)40-60(54)63(50-21-8-3-9-22-50)51-31-27-43(28-32-51)53-25-14-16-42-15-10-11-23-52(42)53/h1-34,39-41,46-47,56,61H,35-38H2. The van der Waals surface area contributed by atoms with E-state index in [2.05, 4.69) is 223 Å². The largest absolute Gasteiger partial charge is 0.310 e. The molecule has 0 radical (unpaired) electrons. The second-order valence-corrected chi connectivity index (χ2v) is 18.8. The van der Waals surface area contributed by atoms with Gasteiger partial charge < -0.3 is 4.90 Å². The molecule has 9 aromatic rings. The summed E-state index contributed by atoms with van der Waals surface area (Å²) in [5, 5.41) is 2.55. The summed E-state index contributed by atoms with van der Waals surface area (Å²) in [5.41, 5.74) is 17.5. The Morgan fingerprint density at radius 2 is 1.02 bits per heavy atom. The average molecular weight is 808 g/mol. The summed E-state index contributed by atoms with van der Waals surface area (Å²) in [6.45, 7) is 0. The summed E-state index contributed by atoms with van der Waals surface area (Å²) in [7, 11) is 0. The van der Waals surface area contributed by atoms with Gasteiger partial charge in [-0.3, -0.25) is 0 Å². The van der Waals surface area contributed by atoms with Crippen molar-refractivity contribution in [2.75, 3.05) is 4.90 Å². The van der Waals surface area contributed by atoms with E-state index in [0.717, 1.165) is 29.4 Å². The molecule has 0 spiro atoms. The lowest BCUT2D eigenvalue weighted by atomic mass is 9.67. The van der Waals surface area contributed by atoms with Crippen molar-refractivity contribution in [2.45, 2.75) is 37.0 Å². The Morgan fingerprint density at radius 3 is 1.79 bits per heavy atom. The van der Waals surface area contributed by atoms with Gasteiger partial charge in [-0.2, -0.15) is 0 Å². The van der Waals surface area contributed by atoms with Crippen LogP contribution in [-0.2, 0) is 5.41 Å². The second kappa shape index (κ2) is 14.6. The summed E-state index contributed by atoms with van der Waals surface area (Å²) in [4.78, 5) is 2.54. The van der Waals surface area contributed by atoms with Gasteiger partial charge in [0.1, 0.15) is 0 Å². The molecule has 4 fully saturated rings. The van der Waals surface area contributed by atoms with E-state index in [1.54, 1.807) is 0 Å². The number of anilines is 3. The summed E-state index contributed by atoms with van der Waals surface area (Å²) < 4.78 is 0. The van der Waals surface area contributed by atoms with Crippen LogP contribution in [0.15, 0.2) is 218 Å². The van der Waals surface area contributed by atoms with Crippen molar-refractivity contribution >= 4 is 27.8 Å². The molecule has 0 aromatic heterocycles. The van der Waals surface area contributed by atoms with Crippen LogP contribution in [0.3, 0.4) is 0 Å². The minimum absolute atomic E-state index is 0.428. The Hall–Kier alpha value is -6.96. The van der Waals surface area contributed by atoms with Crippen molar-refractivity contribution in [3.8, 4) is 33.4 Å². The Kier molecular flexibility index (Phi) is 8.48. The van der Waals surface area contributed by atoms with Crippen LogP contribution >= 0.6 is 0 Å². The second-order valence-electron chi connectivity index (χ2n) is 18.8. The van der Waals surface area contributed by atoms with Crippen LogP contribution in [0.4, 0.5) is 17.1 Å². The fourth-order valence-electron chi connectivity index (χ4n) is 13.3. The van der Waals surface area contributed by atoms with Gasteiger partial charge in [-0.1, -0.05) is 182 Å². The number of hydrogen-bond donors (Lipinski definition) is 0. The van der Waals surface area contributed by atoms with Gasteiger partial charge in [0, 0.05) is 16.9 Å². The van der Waals surface area contributed by atoms with Crippen LogP contribution in [0.2, 0.25) is 0 Å². The van der Waals surface area contributed by atoms with Crippen LogP contribution < -0.4 is 4.90 Å². The fourth-order valence-corrected chi connectivity index (χ4v) is 13.3. The maximum absolute atomic E-state index is 2.61. The quantitative estimate of drug-likeness (QED) is 0.148. The third-order valence-electron chi connectivity index (χ3n) is 15.7. The minimum atomic E-state index is -0.428. The number of hydrogen-bond acceptors (Lipinski definition) is 1. The molecule has 0 N–H and O–H groups in total. The fraction of sp³-hybridized carbons (Fsp3) is 0.161. The molecule has 302 valence electrons. The zero-order chi connectivity index (χ0) is 41.5. The Balaban J connectivity index is 1.01. The van der Waals surface area contributed by atoms with E-state index in [4.69, 9.17) is 0 Å². The van der Waals surface area contributed by atoms with Crippen molar-refractivity contribution in [3.63, 3.8) is 0 Å². The molecule has 4 saturated carbocycles. The molecule has 5 unspecified atom stereocenters. The topological polar surface area (TPSA) is 3.24 Å². The molecule has 1 nitrogen and oxygen atoms in total. The van der Waals surface area contributed by atoms with Crippen molar-refractivity contribution < 1.29 is 0 Å². The average Bonchev–Trinajstić information content (AvgIpc) is 3.91. The maximum atomic E-state index is 2.61. The summed E-state index contributed by atoms with van der Waals surface area (Å²) in [5.74, 6) is 4.11. The van der Waals surface area contributed by atoms with E-state index in [0.29, 0.717) is 5.92 Å². The monoisotopic (exact) mass is 807 g/mol. The molecule has 0 aliphatic heterocycles. The van der Waals surface area contributed by atoms with E-state index < -0.39 is 5.41 Å². The lowest BCUT2D eigenvalue weighted by Crippen LogP contribution is -2.28. The van der Waals surface area contributed by atoms with Gasteiger partial charge in [-0.25, -0.2) is 0 Å². The maximum Gasteiger partial charge on any atom is 0.0713 e. The highest BCUT2D eigenvalue weighted by atomic mass is 15.1. The highest BCUT2D eigenvalue weighted by Crippen LogP contribution is 2.65. The third-order valence-corrected chi connectivity index (χ3v) is 15.7. The van der Waals surface area contributed by atoms with Gasteiger partial charge in [0.15, 0.2) is 0 Å². The lowest BCUT2D eigenvalue weighted by Gasteiger charge is -2.34. The molecule has 0 saturated heterocycles. The Labute approximate surface area is 371 Å². The molecular weight excluding hydrogens is 759 g/mol. The predicted octanol–water partition coefficient (Wildman–Crippen LogP) is 16.2. The van der Waals surface area contributed by atoms with E-state index in [1.165, 1.54) is 109 Å². The van der Waals surface area contributed by atoms with Crippen LogP contribution in [0.5, 0.6) is 0 Å². The number of benzene rings is 9. The normalized spacial score (nSPS) is 21.0. The summed E-state index contributed by atoms with van der Waals surface area (Å²) >= 11 is 0. The van der Waals surface area contributed by atoms with Crippen molar-refractivity contribution in [2.24, 2.45) is 23.7 Å². The van der Waals surface area contributed by atoms with Gasteiger partial charge in [0.25, 0.3) is 0 Å². The number of nitrogens with zero attached hydrogens (tertiary/aromatic N) is 1. The summed E-state index contributed by atoms with van der Waals surface area (Å²) in [6.07, 6.45) is 5.68. The number of para-hydroxylation sites is 1. The highest BCUT2D eigenvalue weighted by molar-refractivity contribution is 5.98. The zero-order valence-corrected chi connectivity index (χ0v) is 35.4. The van der Waals surface area contributed by atoms with Crippen LogP contribution in [0, 0.1) is 23.7 Å². The molecule has 1 heteroatoms. The van der Waals surface area contributed by atoms with Gasteiger partial charge >= 0.3 is 0 Å². The lowest BCUT2D eigenvalue weighted by molar-refractivity contribution is 0.249. The zero-order valence-electron chi connectivity index (χ0n) is 35.4. The minimum Gasteiger partial charge on any atom is -0.310 e. The SMILES string of the molecule is c1ccc(N(c2ccc(-c3cccc4ccccc34)cc2)c2cc(C3C4CC5CC(C4)C3C5)ccc2-c2ccc3c(c2)-c2ccccc2C3(c2ccccc2)c2ccccc2)cc1. The van der Waals surface area contributed by atoms with Gasteiger partial charge in [-0.15, -0.1) is 0 Å². The van der Waals surface area contributed by atoms with E-state index in [-0.39, 0.29) is 0 Å². The van der Waals surface area contributed by atoms with Gasteiger partial charge in [-0.05, 0) is 158 Å². The molecule has 5 atom stereocenters. The van der Waals surface area contributed by atoms with Crippen LogP contribution in [-0.4, -0.2) is 0 Å². The number of rotatable bonds is 8. The first-order valence-electron chi connectivity index (χ1n) is 23.2. The van der Waals surface area contributed by atoms with Crippen molar-refractivity contribution in [1.82, 2.24) is 0 Å². The first-order chi connectivity index (χ1) is 31.2. The molecule has 5 aliphatic rings. The third kappa shape index (κ3) is 5.68. The van der Waals surface area contributed by atoms with Crippen molar-refractivity contribution in [1.29, 1.82) is 0 Å². The molecule has 0 heterocycles. The van der Waals surface area contributed by atoms with Crippen LogP contribution in [0.1, 0.15) is 59.4 Å². The molecule has 0 amide bonds. The molecule has 4 bridgehead atoms. The predicted molar refractivity (Wildman–Crippen MR) is 262 cm³/mol. The van der Waals surface area contributed by atoms with Gasteiger partial charge in [0.2, 0.25) is 0 Å². The van der Waals surface area contributed by atoms with Gasteiger partial charge in [0.05, 0.1) is 11.1 Å². The Bertz CT molecular complexity index is 3100. The molecule has 5 aliphatic carbocycles. The van der Waals surface area contributed by atoms with E-state index in [9.17, 15) is 0 Å².